The largest absolute Gasteiger partial charge is 0.297 e. The maximum absolute atomic E-state index is 11.7. The monoisotopic (exact) mass is 348 g/mol. The summed E-state index contributed by atoms with van der Waals surface area (Å²) in [6, 6.07) is 0. The van der Waals surface area contributed by atoms with Crippen molar-refractivity contribution in [1.29, 1.82) is 0 Å². The van der Waals surface area contributed by atoms with E-state index in [-0.39, 0.29) is 0 Å². The molecule has 11 heteroatoms. The Kier molecular flexibility index (Phi) is 5.49. The van der Waals surface area contributed by atoms with Gasteiger partial charge in [-0.25, -0.2) is 0 Å². The fourth-order valence-corrected chi connectivity index (χ4v) is 5.77. The van der Waals surface area contributed by atoms with Crippen molar-refractivity contribution in [3.05, 3.63) is 10.6 Å². The highest BCUT2D eigenvalue weighted by Gasteiger charge is 2.36. The summed E-state index contributed by atoms with van der Waals surface area (Å²) >= 11 is 2.80. The van der Waals surface area contributed by atoms with Crippen molar-refractivity contribution < 1.29 is 25.0 Å². The van der Waals surface area contributed by atoms with Gasteiger partial charge in [-0.1, -0.05) is 0 Å². The van der Waals surface area contributed by atoms with Crippen molar-refractivity contribution in [2.75, 3.05) is 5.75 Å². The molecule has 0 amide bonds. The number of nitrogens with zero attached hydrogens (tertiary/aromatic N) is 1. The Bertz CT molecular complexity index is 605. The molecular formula is C8H14NO6S4. The van der Waals surface area contributed by atoms with Crippen LogP contribution < -0.4 is 0 Å². The highest BCUT2D eigenvalue weighted by atomic mass is 32.3. The molecule has 0 aliphatic carbocycles. The molecule has 1 heterocycles. The van der Waals surface area contributed by atoms with Crippen LogP contribution in [0.25, 0.3) is 0 Å². The zero-order valence-electron chi connectivity index (χ0n) is 10.2. The zero-order valence-corrected chi connectivity index (χ0v) is 13.5. The Morgan fingerprint density at radius 2 is 2.05 bits per heavy atom. The molecule has 0 fully saturated rings. The molecule has 1 N–H and O–H groups in total. The van der Waals surface area contributed by atoms with E-state index in [4.69, 9.17) is 8.18 Å². The number of hydrogen-bond acceptors (Lipinski definition) is 7. The summed E-state index contributed by atoms with van der Waals surface area (Å²) in [4.78, 5) is 4.61. The van der Waals surface area contributed by atoms with Gasteiger partial charge in [0.1, 0.15) is 0 Å². The van der Waals surface area contributed by atoms with E-state index in [1.165, 1.54) is 5.55 Å². The molecule has 0 aromatic rings. The minimum atomic E-state index is -4.73. The van der Waals surface area contributed by atoms with E-state index < -0.39 is 36.0 Å². The summed E-state index contributed by atoms with van der Waals surface area (Å²) in [5, 5.41) is 0. The van der Waals surface area contributed by atoms with E-state index in [0.29, 0.717) is 22.8 Å². The molecule has 0 bridgehead atoms. The fourth-order valence-electron chi connectivity index (χ4n) is 1.16. The van der Waals surface area contributed by atoms with Crippen LogP contribution in [0.1, 0.15) is 20.3 Å². The summed E-state index contributed by atoms with van der Waals surface area (Å²) < 4.78 is 56.8. The van der Waals surface area contributed by atoms with Crippen molar-refractivity contribution >= 4 is 49.6 Å². The van der Waals surface area contributed by atoms with Gasteiger partial charge in [-0.05, 0) is 26.0 Å². The van der Waals surface area contributed by atoms with Crippen LogP contribution in [-0.4, -0.2) is 37.3 Å². The van der Waals surface area contributed by atoms with Gasteiger partial charge in [0, 0.05) is 21.8 Å². The lowest BCUT2D eigenvalue weighted by Gasteiger charge is -2.16. The predicted octanol–water partition coefficient (Wildman–Crippen LogP) is 1.34. The van der Waals surface area contributed by atoms with Gasteiger partial charge in [0.2, 0.25) is 4.58 Å². The van der Waals surface area contributed by atoms with Gasteiger partial charge in [0.25, 0.3) is 20.2 Å². The van der Waals surface area contributed by atoms with Gasteiger partial charge >= 0.3 is 0 Å². The first-order valence-electron chi connectivity index (χ1n) is 5.07. The molecule has 1 rings (SSSR count). The lowest BCUT2D eigenvalue weighted by Crippen LogP contribution is -2.28. The minimum absolute atomic E-state index is 0.480. The van der Waals surface area contributed by atoms with Crippen LogP contribution in [0.15, 0.2) is 15.6 Å². The van der Waals surface area contributed by atoms with E-state index in [9.17, 15) is 16.8 Å². The van der Waals surface area contributed by atoms with Gasteiger partial charge < -0.3 is 0 Å². The van der Waals surface area contributed by atoms with Gasteiger partial charge in [0.15, 0.2) is 0 Å². The van der Waals surface area contributed by atoms with Crippen LogP contribution in [0.4, 0.5) is 0 Å². The molecule has 1 aliphatic heterocycles. The van der Waals surface area contributed by atoms with Crippen LogP contribution in [0, 0.1) is 0 Å². The summed E-state index contributed by atoms with van der Waals surface area (Å²) in [5.41, 5.74) is 1.94. The Morgan fingerprint density at radius 1 is 1.47 bits per heavy atom. The number of thiol groups is 1. The normalized spacial score (nSPS) is 19.2. The number of rotatable bonds is 6. The first-order chi connectivity index (χ1) is 8.59. The molecule has 111 valence electrons. The molecule has 19 heavy (non-hydrogen) atoms. The second kappa shape index (κ2) is 6.14. The molecule has 0 aromatic heterocycles. The third kappa shape index (κ3) is 4.20. The zero-order chi connectivity index (χ0) is 14.8. The molecule has 1 unspecified atom stereocenters. The van der Waals surface area contributed by atoms with Crippen LogP contribution in [0.5, 0.6) is 0 Å². The van der Waals surface area contributed by atoms with Gasteiger partial charge in [-0.15, -0.1) is 0 Å². The lowest BCUT2D eigenvalue weighted by atomic mass is 10.4. The summed E-state index contributed by atoms with van der Waals surface area (Å²) in [7, 11) is -9.18. The van der Waals surface area contributed by atoms with Gasteiger partial charge in [-0.2, -0.15) is 33.1 Å². The quantitative estimate of drug-likeness (QED) is 0.554. The molecule has 0 aromatic carbocycles. The van der Waals surface area contributed by atoms with Crippen LogP contribution >= 0.6 is 23.8 Å². The molecule has 0 saturated carbocycles. The van der Waals surface area contributed by atoms with Gasteiger partial charge in [0.05, 0.1) is 5.55 Å². The SMILES string of the molecule is CC1=C(CCS)[S](OS(=O)(=O)C(C)S(=O)(=O)O)C=N1. The minimum Gasteiger partial charge on any atom is -0.284 e. The van der Waals surface area contributed by atoms with Crippen molar-refractivity contribution in [3.63, 3.8) is 0 Å². The molecular weight excluding hydrogens is 334 g/mol. The van der Waals surface area contributed by atoms with Crippen LogP contribution in [-0.2, 0) is 23.9 Å². The summed E-state index contributed by atoms with van der Waals surface area (Å²) in [6.07, 6.45) is 0.480. The Balaban J connectivity index is 2.95. The summed E-state index contributed by atoms with van der Waals surface area (Å²) in [6.45, 7) is 2.54. The van der Waals surface area contributed by atoms with Crippen molar-refractivity contribution in [1.82, 2.24) is 0 Å². The first kappa shape index (κ1) is 17.0. The van der Waals surface area contributed by atoms with Gasteiger partial charge in [-0.3, -0.25) is 9.55 Å². The molecule has 1 atom stereocenters. The molecule has 1 aliphatic rings. The van der Waals surface area contributed by atoms with E-state index in [2.05, 4.69) is 17.6 Å². The smallest absolute Gasteiger partial charge is 0.284 e. The Morgan fingerprint density at radius 3 is 2.53 bits per heavy atom. The van der Waals surface area contributed by atoms with Crippen molar-refractivity contribution in [2.24, 2.45) is 4.99 Å². The highest BCUT2D eigenvalue weighted by Crippen LogP contribution is 2.45. The van der Waals surface area contributed by atoms with E-state index in [0.717, 1.165) is 6.92 Å². The predicted molar refractivity (Wildman–Crippen MR) is 78.3 cm³/mol. The maximum Gasteiger partial charge on any atom is 0.297 e. The Labute approximate surface area is 121 Å². The van der Waals surface area contributed by atoms with Crippen molar-refractivity contribution in [3.8, 4) is 0 Å². The van der Waals surface area contributed by atoms with E-state index in [1.807, 2.05) is 0 Å². The fraction of sp³-hybridized carbons (Fsp3) is 0.625. The second-order valence-electron chi connectivity index (χ2n) is 3.66. The van der Waals surface area contributed by atoms with E-state index in [1.54, 1.807) is 6.92 Å². The van der Waals surface area contributed by atoms with Crippen LogP contribution in [0.2, 0.25) is 0 Å². The molecule has 0 saturated heterocycles. The second-order valence-corrected chi connectivity index (χ2v) is 9.68. The summed E-state index contributed by atoms with van der Waals surface area (Å²) in [5.74, 6) is 0.483. The number of aliphatic imine (C=N–C) groups is 1. The maximum atomic E-state index is 11.7. The average Bonchev–Trinajstić information content (AvgIpc) is 2.59. The van der Waals surface area contributed by atoms with E-state index >= 15 is 0 Å². The Hall–Kier alpha value is -0.0700. The average molecular weight is 348 g/mol. The third-order valence-corrected chi connectivity index (χ3v) is 8.26. The standard InChI is InChI=1S/C8H14NO6S4/c1-6-8(3-4-16)17(5-9-6)15-19(13,14)7(2)18(10,11)12/h5,7,16H,3-4H2,1-2H3,(H,10,11,12). The van der Waals surface area contributed by atoms with Crippen molar-refractivity contribution in [2.45, 2.75) is 24.9 Å². The lowest BCUT2D eigenvalue weighted by molar-refractivity contribution is 0.470. The topological polar surface area (TPSA) is 110 Å². The number of allylic oxidation sites excluding steroid dienone is 2. The molecule has 7 nitrogen and oxygen atoms in total. The highest BCUT2D eigenvalue weighted by molar-refractivity contribution is 8.31. The third-order valence-electron chi connectivity index (χ3n) is 2.32. The van der Waals surface area contributed by atoms with Crippen LogP contribution in [0.3, 0.4) is 0 Å². The molecule has 1 radical (unpaired) electrons. The molecule has 0 spiro atoms. The first-order valence-corrected chi connectivity index (χ1v) is 9.89. The number of hydrogen-bond donors (Lipinski definition) is 2.